The smallest absolute Gasteiger partial charge is 0.251 e. The summed E-state index contributed by atoms with van der Waals surface area (Å²) in [5, 5.41) is 51.0. The first-order valence-corrected chi connectivity index (χ1v) is 16.2. The van der Waals surface area contributed by atoms with Crippen molar-refractivity contribution in [2.24, 2.45) is 0 Å². The molecule has 6 N–H and O–H groups in total. The van der Waals surface area contributed by atoms with Crippen LogP contribution in [0.1, 0.15) is 60.8 Å². The van der Waals surface area contributed by atoms with Crippen LogP contribution >= 0.6 is 11.6 Å². The number of aromatic nitrogens is 1. The fourth-order valence-electron chi connectivity index (χ4n) is 5.57. The number of nitrogens with one attached hydrogen (secondary N) is 1. The van der Waals surface area contributed by atoms with Gasteiger partial charge in [-0.15, -0.1) is 0 Å². The van der Waals surface area contributed by atoms with E-state index >= 15 is 0 Å². The molecule has 10 nitrogen and oxygen atoms in total. The Morgan fingerprint density at radius 2 is 1.80 bits per heavy atom. The number of pyridine rings is 1. The van der Waals surface area contributed by atoms with Gasteiger partial charge in [0.15, 0.2) is 6.10 Å². The van der Waals surface area contributed by atoms with Crippen molar-refractivity contribution in [1.82, 2.24) is 10.3 Å². The summed E-state index contributed by atoms with van der Waals surface area (Å²) in [7, 11) is 0. The third-order valence-corrected chi connectivity index (χ3v) is 9.07. The second kappa shape index (κ2) is 15.2. The van der Waals surface area contributed by atoms with E-state index < -0.39 is 42.5 Å². The van der Waals surface area contributed by atoms with Gasteiger partial charge in [-0.1, -0.05) is 35.9 Å². The lowest BCUT2D eigenvalue weighted by atomic mass is 9.96. The van der Waals surface area contributed by atoms with E-state index in [-0.39, 0.29) is 6.54 Å². The average molecular weight is 655 g/mol. The van der Waals surface area contributed by atoms with Crippen molar-refractivity contribution in [1.29, 1.82) is 0 Å². The first-order chi connectivity index (χ1) is 22.1. The number of benzene rings is 2. The molecule has 1 amide bonds. The van der Waals surface area contributed by atoms with Gasteiger partial charge in [-0.25, -0.2) is 0 Å². The molecule has 46 heavy (non-hydrogen) atoms. The minimum Gasteiger partial charge on any atom is -0.490 e. The van der Waals surface area contributed by atoms with Crippen LogP contribution in [0.15, 0.2) is 54.9 Å². The van der Waals surface area contributed by atoms with Crippen LogP contribution in [-0.4, -0.2) is 80.1 Å². The minimum atomic E-state index is -1.94. The Balaban J connectivity index is 1.14. The molecule has 2 aliphatic carbocycles. The second-order valence-electron chi connectivity index (χ2n) is 12.3. The lowest BCUT2D eigenvalue weighted by molar-refractivity contribution is -0.148. The molecule has 0 spiro atoms. The van der Waals surface area contributed by atoms with Crippen molar-refractivity contribution in [2.45, 2.75) is 94.6 Å². The van der Waals surface area contributed by atoms with Crippen LogP contribution in [-0.2, 0) is 28.2 Å². The van der Waals surface area contributed by atoms with E-state index in [2.05, 4.69) is 22.4 Å². The van der Waals surface area contributed by atoms with Crippen LogP contribution in [0, 0.1) is 6.92 Å². The summed E-state index contributed by atoms with van der Waals surface area (Å²) in [5.74, 6) is 0.0130. The topological polar surface area (TPSA) is 162 Å². The van der Waals surface area contributed by atoms with E-state index in [1.165, 1.54) is 0 Å². The summed E-state index contributed by atoms with van der Waals surface area (Å²) < 4.78 is 12.8. The predicted octanol–water partition coefficient (Wildman–Crippen LogP) is 3.33. The number of para-hydroxylation sites is 1. The maximum Gasteiger partial charge on any atom is 0.251 e. The number of rotatable bonds is 17. The van der Waals surface area contributed by atoms with Gasteiger partial charge < -0.3 is 40.3 Å². The molecule has 1 heterocycles. The number of hydrogen-bond donors (Lipinski definition) is 6. The molecule has 0 radical (unpaired) electrons. The number of unbranched alkanes of at least 4 members (excludes halogenated alkanes) is 1. The maximum atomic E-state index is 12.1. The first-order valence-electron chi connectivity index (χ1n) is 15.9. The number of carbonyl (C=O) groups is 1. The number of halogens is 1. The molecule has 2 aromatic carbocycles. The Morgan fingerprint density at radius 3 is 2.52 bits per heavy atom. The Labute approximate surface area is 274 Å². The molecule has 0 unspecified atom stereocenters. The van der Waals surface area contributed by atoms with Crippen molar-refractivity contribution in [2.75, 3.05) is 13.2 Å². The van der Waals surface area contributed by atoms with E-state index in [1.807, 2.05) is 49.6 Å². The Hall–Kier alpha value is -3.09. The molecule has 1 aromatic heterocycles. The number of ether oxygens (including phenoxy) is 2. The molecule has 2 fully saturated rings. The fourth-order valence-corrected chi connectivity index (χ4v) is 5.81. The maximum absolute atomic E-state index is 12.1. The van der Waals surface area contributed by atoms with Crippen molar-refractivity contribution in [3.8, 4) is 16.9 Å². The number of amides is 1. The summed E-state index contributed by atoms with van der Waals surface area (Å²) in [4.78, 5) is 16.6. The van der Waals surface area contributed by atoms with Crippen molar-refractivity contribution in [3.05, 3.63) is 82.1 Å². The molecule has 2 saturated carbocycles. The number of nitrogens with zero attached hydrogens (tertiary/aromatic N) is 1. The highest BCUT2D eigenvalue weighted by Crippen LogP contribution is 2.53. The fraction of sp³-hybridized carbons (Fsp3) is 0.486. The van der Waals surface area contributed by atoms with Crippen molar-refractivity contribution < 1.29 is 39.8 Å². The molecule has 2 aliphatic rings. The number of hydrogen-bond acceptors (Lipinski definition) is 9. The summed E-state index contributed by atoms with van der Waals surface area (Å²) in [6.07, 6.45) is 2.62. The molecular weight excluding hydrogens is 612 g/mol. The zero-order valence-corrected chi connectivity index (χ0v) is 26.7. The Kier molecular flexibility index (Phi) is 11.3. The Bertz CT molecular complexity index is 1500. The molecule has 0 aliphatic heterocycles. The van der Waals surface area contributed by atoms with E-state index in [0.29, 0.717) is 24.2 Å². The Morgan fingerprint density at radius 1 is 1.04 bits per heavy atom. The molecule has 11 heteroatoms. The largest absolute Gasteiger partial charge is 0.490 e. The monoisotopic (exact) mass is 654 g/mol. The van der Waals surface area contributed by atoms with E-state index in [1.54, 1.807) is 0 Å². The summed E-state index contributed by atoms with van der Waals surface area (Å²) in [5.41, 5.74) is 5.81. The molecule has 5 rings (SSSR count). The highest BCUT2D eigenvalue weighted by Gasteiger charge is 2.48. The third kappa shape index (κ3) is 8.24. The van der Waals surface area contributed by atoms with Gasteiger partial charge in [-0.05, 0) is 92.3 Å². The van der Waals surface area contributed by atoms with Gasteiger partial charge in [0.1, 0.15) is 24.1 Å². The van der Waals surface area contributed by atoms with Gasteiger partial charge in [-0.3, -0.25) is 9.78 Å². The zero-order valence-electron chi connectivity index (χ0n) is 25.9. The number of carbonyl (C=O) groups excluding carboxylic acids is 1. The van der Waals surface area contributed by atoms with Gasteiger partial charge in [0, 0.05) is 35.1 Å². The summed E-state index contributed by atoms with van der Waals surface area (Å²) in [6.45, 7) is 1.82. The molecule has 0 saturated heterocycles. The lowest BCUT2D eigenvalue weighted by Gasteiger charge is -2.24. The third-order valence-electron chi connectivity index (χ3n) is 8.72. The van der Waals surface area contributed by atoms with Gasteiger partial charge in [0.05, 0.1) is 24.9 Å². The molecule has 3 aromatic rings. The van der Waals surface area contributed by atoms with E-state index in [4.69, 9.17) is 26.2 Å². The van der Waals surface area contributed by atoms with E-state index in [0.717, 1.165) is 77.7 Å². The quantitative estimate of drug-likeness (QED) is 0.120. The van der Waals surface area contributed by atoms with Gasteiger partial charge in [0.25, 0.3) is 5.91 Å². The number of aliphatic hydroxyl groups is 5. The van der Waals surface area contributed by atoms with E-state index in [9.17, 15) is 25.2 Å². The van der Waals surface area contributed by atoms with Crippen molar-refractivity contribution >= 4 is 17.5 Å². The average Bonchev–Trinajstić information content (AvgIpc) is 4.01. The van der Waals surface area contributed by atoms with Gasteiger partial charge in [-0.2, -0.15) is 0 Å². The van der Waals surface area contributed by atoms with Crippen LogP contribution in [0.3, 0.4) is 0 Å². The zero-order chi connectivity index (χ0) is 32.8. The van der Waals surface area contributed by atoms with Crippen LogP contribution in [0.5, 0.6) is 5.75 Å². The van der Waals surface area contributed by atoms with Crippen LogP contribution in [0.4, 0.5) is 0 Å². The summed E-state index contributed by atoms with van der Waals surface area (Å²) in [6, 6.07) is 14.2. The molecule has 0 bridgehead atoms. The van der Waals surface area contributed by atoms with Gasteiger partial charge >= 0.3 is 0 Å². The number of aliphatic hydroxyl groups excluding tert-OH is 5. The molecule has 248 valence electrons. The second-order valence-corrected chi connectivity index (χ2v) is 12.7. The summed E-state index contributed by atoms with van der Waals surface area (Å²) >= 11 is 6.73. The highest BCUT2D eigenvalue weighted by atomic mass is 35.5. The highest BCUT2D eigenvalue weighted by molar-refractivity contribution is 6.31. The molecule has 4 atom stereocenters. The van der Waals surface area contributed by atoms with Crippen molar-refractivity contribution in [3.63, 3.8) is 0 Å². The first kappa shape index (κ1) is 34.3. The SMILES string of the molecule is Cc1cc(COC2(c3cnccc3-c3ccccc3OC3CC3)CC2)c(Cl)cc1CCCCNC(=O)[C@@H](O)[C@@H](O)[C@H](O)[C@@H](O)CO. The van der Waals surface area contributed by atoms with Gasteiger partial charge in [0.2, 0.25) is 0 Å². The van der Waals surface area contributed by atoms with Crippen LogP contribution in [0.2, 0.25) is 5.02 Å². The molecular formula is C35H43ClN2O8. The van der Waals surface area contributed by atoms with Crippen LogP contribution in [0.25, 0.3) is 11.1 Å². The standard InChI is InChI=1S/C35H43ClN2O8/c1-21-16-23(28(36)17-22(21)6-4-5-14-38-34(44)33(43)32(42)31(41)29(40)19-39)20-45-35(12-13-35)27-18-37-15-11-25(27)26-7-2-3-8-30(26)46-24-9-10-24/h2-3,7-8,11,15-18,24,29,31-33,39-43H,4-6,9-10,12-14,19-20H2,1H3,(H,38,44)/t29-,31+,32-,33-/m0/s1. The minimum absolute atomic E-state index is 0.246. The lowest BCUT2D eigenvalue weighted by Crippen LogP contribution is -2.51. The van der Waals surface area contributed by atoms with Crippen LogP contribution < -0.4 is 10.1 Å². The predicted molar refractivity (Wildman–Crippen MR) is 172 cm³/mol. The number of aryl methyl sites for hydroxylation is 2. The normalized spacial score (nSPS) is 18.0.